The molecule has 2 amide bonds. The SMILES string of the molecule is Cc1ccccc1OCC(=O)NNC(=O)COc1ccc(Br)cc1. The zero-order valence-corrected chi connectivity index (χ0v) is 14.6. The highest BCUT2D eigenvalue weighted by atomic mass is 79.9. The monoisotopic (exact) mass is 392 g/mol. The summed E-state index contributed by atoms with van der Waals surface area (Å²) < 4.78 is 11.6. The third-order valence-electron chi connectivity index (χ3n) is 2.98. The number of aryl methyl sites for hydroxylation is 1. The topological polar surface area (TPSA) is 76.7 Å². The number of benzene rings is 2. The van der Waals surface area contributed by atoms with Crippen LogP contribution in [-0.4, -0.2) is 25.0 Å². The summed E-state index contributed by atoms with van der Waals surface area (Å²) >= 11 is 3.31. The van der Waals surface area contributed by atoms with Crippen molar-refractivity contribution in [3.05, 3.63) is 58.6 Å². The van der Waals surface area contributed by atoms with Gasteiger partial charge in [-0.3, -0.25) is 20.4 Å². The molecule has 0 aromatic heterocycles. The Hall–Kier alpha value is -2.54. The quantitative estimate of drug-likeness (QED) is 0.739. The van der Waals surface area contributed by atoms with Crippen LogP contribution in [0.4, 0.5) is 0 Å². The summed E-state index contributed by atoms with van der Waals surface area (Å²) in [5.74, 6) is 0.248. The van der Waals surface area contributed by atoms with E-state index in [1.165, 1.54) is 0 Å². The second kappa shape index (κ2) is 8.93. The maximum Gasteiger partial charge on any atom is 0.276 e. The molecule has 6 nitrogen and oxygen atoms in total. The fraction of sp³-hybridized carbons (Fsp3) is 0.176. The minimum absolute atomic E-state index is 0.196. The average Bonchev–Trinajstić information content (AvgIpc) is 2.58. The third-order valence-corrected chi connectivity index (χ3v) is 3.51. The molecule has 0 spiro atoms. The van der Waals surface area contributed by atoms with Gasteiger partial charge in [-0.05, 0) is 42.8 Å². The predicted molar refractivity (Wildman–Crippen MR) is 92.6 cm³/mol. The molecule has 0 heterocycles. The summed E-state index contributed by atoms with van der Waals surface area (Å²) in [7, 11) is 0. The fourth-order valence-corrected chi connectivity index (χ4v) is 2.02. The van der Waals surface area contributed by atoms with Crippen molar-refractivity contribution < 1.29 is 19.1 Å². The molecular formula is C17H17BrN2O4. The van der Waals surface area contributed by atoms with Crippen molar-refractivity contribution in [1.82, 2.24) is 10.9 Å². The maximum absolute atomic E-state index is 11.6. The van der Waals surface area contributed by atoms with Crippen molar-refractivity contribution >= 4 is 27.7 Å². The Kier molecular flexibility index (Phi) is 6.62. The minimum atomic E-state index is -0.470. The van der Waals surface area contributed by atoms with Gasteiger partial charge < -0.3 is 9.47 Å². The molecule has 2 N–H and O–H groups in total. The Morgan fingerprint density at radius 1 is 0.917 bits per heavy atom. The van der Waals surface area contributed by atoms with Gasteiger partial charge in [0.15, 0.2) is 13.2 Å². The normalized spacial score (nSPS) is 9.92. The Bertz CT molecular complexity index is 704. The van der Waals surface area contributed by atoms with Crippen LogP contribution in [0.15, 0.2) is 53.0 Å². The second-order valence-corrected chi connectivity index (χ2v) is 5.81. The van der Waals surface area contributed by atoms with Crippen molar-refractivity contribution in [2.24, 2.45) is 0 Å². The number of rotatable bonds is 6. The molecule has 0 saturated carbocycles. The molecule has 0 atom stereocenters. The number of hydrogen-bond donors (Lipinski definition) is 2. The van der Waals surface area contributed by atoms with Crippen LogP contribution in [-0.2, 0) is 9.59 Å². The number of carbonyl (C=O) groups is 2. The van der Waals surface area contributed by atoms with Crippen LogP contribution >= 0.6 is 15.9 Å². The van der Waals surface area contributed by atoms with E-state index in [4.69, 9.17) is 9.47 Å². The van der Waals surface area contributed by atoms with E-state index in [9.17, 15) is 9.59 Å². The number of nitrogens with one attached hydrogen (secondary N) is 2. The molecule has 2 aromatic rings. The number of para-hydroxylation sites is 1. The molecule has 2 aromatic carbocycles. The highest BCUT2D eigenvalue weighted by Crippen LogP contribution is 2.16. The molecule has 0 aliphatic rings. The van der Waals surface area contributed by atoms with Crippen molar-refractivity contribution in [3.63, 3.8) is 0 Å². The largest absolute Gasteiger partial charge is 0.484 e. The highest BCUT2D eigenvalue weighted by molar-refractivity contribution is 9.10. The summed E-state index contributed by atoms with van der Waals surface area (Å²) in [6, 6.07) is 14.4. The van der Waals surface area contributed by atoms with Gasteiger partial charge in [0.2, 0.25) is 0 Å². The first-order valence-electron chi connectivity index (χ1n) is 7.19. The van der Waals surface area contributed by atoms with E-state index >= 15 is 0 Å². The minimum Gasteiger partial charge on any atom is -0.484 e. The molecule has 7 heteroatoms. The summed E-state index contributed by atoms with van der Waals surface area (Å²) in [6.45, 7) is 1.48. The molecule has 0 radical (unpaired) electrons. The lowest BCUT2D eigenvalue weighted by Crippen LogP contribution is -2.45. The number of hydrogen-bond acceptors (Lipinski definition) is 4. The lowest BCUT2D eigenvalue weighted by atomic mass is 10.2. The molecule has 0 fully saturated rings. The first-order chi connectivity index (χ1) is 11.5. The van der Waals surface area contributed by atoms with Gasteiger partial charge in [-0.15, -0.1) is 0 Å². The van der Waals surface area contributed by atoms with E-state index in [1.807, 2.05) is 25.1 Å². The first kappa shape index (κ1) is 17.8. The standard InChI is InChI=1S/C17H17BrN2O4/c1-12-4-2-3-5-15(12)24-11-17(22)20-19-16(21)10-23-14-8-6-13(18)7-9-14/h2-9H,10-11H2,1H3,(H,19,21)(H,20,22). The van der Waals surface area contributed by atoms with Gasteiger partial charge in [0.1, 0.15) is 11.5 Å². The van der Waals surface area contributed by atoms with Crippen LogP contribution in [0.25, 0.3) is 0 Å². The van der Waals surface area contributed by atoms with E-state index in [1.54, 1.807) is 30.3 Å². The summed E-state index contributed by atoms with van der Waals surface area (Å²) in [5, 5.41) is 0. The van der Waals surface area contributed by atoms with Gasteiger partial charge in [-0.25, -0.2) is 0 Å². The van der Waals surface area contributed by atoms with Crippen LogP contribution in [0.2, 0.25) is 0 Å². The number of hydrazine groups is 1. The third kappa shape index (κ3) is 5.92. The maximum atomic E-state index is 11.6. The van der Waals surface area contributed by atoms with E-state index in [-0.39, 0.29) is 13.2 Å². The molecule has 126 valence electrons. The van der Waals surface area contributed by atoms with Crippen molar-refractivity contribution in [2.75, 3.05) is 13.2 Å². The number of ether oxygens (including phenoxy) is 2. The number of halogens is 1. The Balaban J connectivity index is 1.66. The highest BCUT2D eigenvalue weighted by Gasteiger charge is 2.07. The smallest absolute Gasteiger partial charge is 0.276 e. The Morgan fingerprint density at radius 3 is 2.12 bits per heavy atom. The Labute approximate surface area is 148 Å². The van der Waals surface area contributed by atoms with Gasteiger partial charge in [0.25, 0.3) is 11.8 Å². The molecule has 0 unspecified atom stereocenters. The molecule has 0 aliphatic carbocycles. The zero-order chi connectivity index (χ0) is 17.4. The lowest BCUT2D eigenvalue weighted by Gasteiger charge is -2.10. The van der Waals surface area contributed by atoms with Crippen LogP contribution in [0.5, 0.6) is 11.5 Å². The van der Waals surface area contributed by atoms with Crippen molar-refractivity contribution in [1.29, 1.82) is 0 Å². The summed E-state index contributed by atoms with van der Waals surface area (Å²) in [6.07, 6.45) is 0. The van der Waals surface area contributed by atoms with E-state index < -0.39 is 11.8 Å². The summed E-state index contributed by atoms with van der Waals surface area (Å²) in [4.78, 5) is 23.3. The molecular weight excluding hydrogens is 376 g/mol. The van der Waals surface area contributed by atoms with Crippen molar-refractivity contribution in [3.8, 4) is 11.5 Å². The lowest BCUT2D eigenvalue weighted by molar-refractivity contribution is -0.131. The van der Waals surface area contributed by atoms with Gasteiger partial charge >= 0.3 is 0 Å². The van der Waals surface area contributed by atoms with Crippen LogP contribution in [0, 0.1) is 6.92 Å². The molecule has 24 heavy (non-hydrogen) atoms. The molecule has 0 aliphatic heterocycles. The van der Waals surface area contributed by atoms with Gasteiger partial charge in [-0.2, -0.15) is 0 Å². The fourth-order valence-electron chi connectivity index (χ4n) is 1.75. The van der Waals surface area contributed by atoms with E-state index in [0.29, 0.717) is 11.5 Å². The van der Waals surface area contributed by atoms with Crippen LogP contribution < -0.4 is 20.3 Å². The van der Waals surface area contributed by atoms with Gasteiger partial charge in [-0.1, -0.05) is 34.1 Å². The number of carbonyl (C=O) groups excluding carboxylic acids is 2. The van der Waals surface area contributed by atoms with Crippen LogP contribution in [0.3, 0.4) is 0 Å². The Morgan fingerprint density at radius 2 is 1.50 bits per heavy atom. The molecule has 0 saturated heterocycles. The van der Waals surface area contributed by atoms with E-state index in [0.717, 1.165) is 10.0 Å². The predicted octanol–water partition coefficient (Wildman–Crippen LogP) is 2.36. The van der Waals surface area contributed by atoms with Gasteiger partial charge in [0, 0.05) is 4.47 Å². The van der Waals surface area contributed by atoms with Gasteiger partial charge in [0.05, 0.1) is 0 Å². The molecule has 2 rings (SSSR count). The zero-order valence-electron chi connectivity index (χ0n) is 13.0. The number of amides is 2. The van der Waals surface area contributed by atoms with E-state index in [2.05, 4.69) is 26.8 Å². The average molecular weight is 393 g/mol. The first-order valence-corrected chi connectivity index (χ1v) is 7.98. The summed E-state index contributed by atoms with van der Waals surface area (Å²) in [5.41, 5.74) is 5.46. The molecule has 0 bridgehead atoms. The van der Waals surface area contributed by atoms with Crippen LogP contribution in [0.1, 0.15) is 5.56 Å². The van der Waals surface area contributed by atoms with Crippen molar-refractivity contribution in [2.45, 2.75) is 6.92 Å². The second-order valence-electron chi connectivity index (χ2n) is 4.89.